The van der Waals surface area contributed by atoms with E-state index in [1.54, 1.807) is 23.1 Å². The van der Waals surface area contributed by atoms with Gasteiger partial charge in [-0.15, -0.1) is 0 Å². The third-order valence-corrected chi connectivity index (χ3v) is 4.66. The molecule has 1 N–H and O–H groups in total. The highest BCUT2D eigenvalue weighted by molar-refractivity contribution is 7.87. The van der Waals surface area contributed by atoms with Gasteiger partial charge in [-0.2, -0.15) is 13.2 Å². The molecule has 1 saturated heterocycles. The number of nitrogens with zero attached hydrogens (tertiary/aromatic N) is 1. The third kappa shape index (κ3) is 4.70. The second-order valence-corrected chi connectivity index (χ2v) is 7.58. The molecule has 128 valence electrons. The molecule has 8 heteroatoms. The minimum absolute atomic E-state index is 0.0204. The summed E-state index contributed by atoms with van der Waals surface area (Å²) in [6.45, 7) is 4.80. The molecule has 1 aliphatic rings. The van der Waals surface area contributed by atoms with Crippen LogP contribution < -0.4 is 4.72 Å². The molecule has 2 rings (SSSR count). The molecule has 1 fully saturated rings. The number of rotatable bonds is 4. The van der Waals surface area contributed by atoms with Crippen molar-refractivity contribution in [3.8, 4) is 0 Å². The van der Waals surface area contributed by atoms with Crippen LogP contribution in [0.15, 0.2) is 24.3 Å². The number of para-hydroxylation sites is 1. The Morgan fingerprint density at radius 3 is 2.57 bits per heavy atom. The molecule has 1 amide bonds. The Bertz CT molecular complexity index is 617. The van der Waals surface area contributed by atoms with E-state index in [2.05, 4.69) is 0 Å². The zero-order valence-corrected chi connectivity index (χ0v) is 13.8. The van der Waals surface area contributed by atoms with Crippen molar-refractivity contribution in [1.29, 1.82) is 0 Å². The second-order valence-electron chi connectivity index (χ2n) is 6.38. The van der Waals surface area contributed by atoms with Gasteiger partial charge in [0.1, 0.15) is 0 Å². The van der Waals surface area contributed by atoms with Gasteiger partial charge in [-0.05, 0) is 23.5 Å². The van der Waals surface area contributed by atoms with E-state index in [1.807, 2.05) is 18.6 Å². The maximum atomic E-state index is 12.4. The Balaban J connectivity index is 2.12. The number of carbonyl (C=O) groups is 1. The summed E-state index contributed by atoms with van der Waals surface area (Å²) >= 11 is 0. The highest BCUT2D eigenvalue weighted by Crippen LogP contribution is 2.32. The van der Waals surface area contributed by atoms with Gasteiger partial charge in [0, 0.05) is 19.5 Å². The van der Waals surface area contributed by atoms with Crippen LogP contribution in [0.5, 0.6) is 0 Å². The summed E-state index contributed by atoms with van der Waals surface area (Å²) in [6.07, 6.45) is 1.25. The molecule has 0 radical (unpaired) electrons. The van der Waals surface area contributed by atoms with Crippen molar-refractivity contribution in [2.45, 2.75) is 38.7 Å². The van der Waals surface area contributed by atoms with Crippen LogP contribution >= 0.6 is 0 Å². The van der Waals surface area contributed by atoms with E-state index in [1.165, 1.54) is 6.07 Å². The number of hydrogen-bond acceptors (Lipinski definition) is 2. The molecule has 1 aromatic rings. The number of anilines is 1. The lowest BCUT2D eigenvalue weighted by Crippen LogP contribution is -2.41. The van der Waals surface area contributed by atoms with Crippen LogP contribution in [0.1, 0.15) is 32.3 Å². The number of halogens is 3. The average Bonchev–Trinajstić information content (AvgIpc) is 2.42. The smallest absolute Gasteiger partial charge is 0.338 e. The minimum Gasteiger partial charge on any atom is -0.338 e. The summed E-state index contributed by atoms with van der Waals surface area (Å²) in [6, 6.07) is 6.29. The van der Waals surface area contributed by atoms with Crippen LogP contribution in [0.4, 0.5) is 18.9 Å². The van der Waals surface area contributed by atoms with Gasteiger partial charge < -0.3 is 4.90 Å². The van der Waals surface area contributed by atoms with E-state index in [4.69, 9.17) is 0 Å². The summed E-state index contributed by atoms with van der Waals surface area (Å²) in [5.41, 5.74) is -4.25. The standard InChI is InChI=1S/C15H19F3N2O2S/c1-14(2)7-8-20(13(21)9-14)10-11-5-3-4-6-12(11)19-23(22)15(16,17)18/h3-6,19H,7-10H2,1-2H3. The Morgan fingerprint density at radius 2 is 1.96 bits per heavy atom. The van der Waals surface area contributed by atoms with Crippen LogP contribution in [0.3, 0.4) is 0 Å². The first-order valence-electron chi connectivity index (χ1n) is 7.19. The monoisotopic (exact) mass is 348 g/mol. The summed E-state index contributed by atoms with van der Waals surface area (Å²) in [5, 5.41) is 0. The van der Waals surface area contributed by atoms with E-state index >= 15 is 0 Å². The Kier molecular flexibility index (Phi) is 5.03. The normalized spacial score (nSPS) is 19.5. The van der Waals surface area contributed by atoms with Crippen molar-refractivity contribution in [1.82, 2.24) is 4.90 Å². The second kappa shape index (κ2) is 6.51. The maximum Gasteiger partial charge on any atom is 0.490 e. The number of piperidine rings is 1. The van der Waals surface area contributed by atoms with Crippen molar-refractivity contribution in [3.05, 3.63) is 29.8 Å². The highest BCUT2D eigenvalue weighted by atomic mass is 32.2. The molecule has 0 bridgehead atoms. The van der Waals surface area contributed by atoms with Gasteiger partial charge >= 0.3 is 5.51 Å². The van der Waals surface area contributed by atoms with Gasteiger partial charge in [-0.3, -0.25) is 9.52 Å². The quantitative estimate of drug-likeness (QED) is 0.906. The SMILES string of the molecule is CC1(C)CCN(Cc2ccccc2NS(=O)C(F)(F)F)C(=O)C1. The summed E-state index contributed by atoms with van der Waals surface area (Å²) in [7, 11) is -3.18. The highest BCUT2D eigenvalue weighted by Gasteiger charge is 2.38. The van der Waals surface area contributed by atoms with E-state index in [0.29, 0.717) is 18.5 Å². The molecule has 0 spiro atoms. The fourth-order valence-electron chi connectivity index (χ4n) is 2.46. The Hall–Kier alpha value is -1.57. The average molecular weight is 348 g/mol. The lowest BCUT2D eigenvalue weighted by molar-refractivity contribution is -0.137. The molecule has 1 atom stereocenters. The molecular weight excluding hydrogens is 329 g/mol. The van der Waals surface area contributed by atoms with Crippen LogP contribution in [-0.2, 0) is 22.3 Å². The molecule has 23 heavy (non-hydrogen) atoms. The van der Waals surface area contributed by atoms with Crippen LogP contribution in [0, 0.1) is 5.41 Å². The van der Waals surface area contributed by atoms with Gasteiger partial charge in [0.15, 0.2) is 0 Å². The first-order valence-corrected chi connectivity index (χ1v) is 8.34. The van der Waals surface area contributed by atoms with Gasteiger partial charge in [0.05, 0.1) is 5.69 Å². The van der Waals surface area contributed by atoms with Gasteiger partial charge in [-0.25, -0.2) is 4.21 Å². The summed E-state index contributed by atoms with van der Waals surface area (Å²) < 4.78 is 50.5. The van der Waals surface area contributed by atoms with Crippen LogP contribution in [-0.4, -0.2) is 27.1 Å². The molecule has 0 aromatic heterocycles. The summed E-state index contributed by atoms with van der Waals surface area (Å²) in [5.74, 6) is -0.0204. The van der Waals surface area contributed by atoms with Crippen molar-refractivity contribution in [3.63, 3.8) is 0 Å². The molecule has 1 aromatic carbocycles. The number of nitrogens with one attached hydrogen (secondary N) is 1. The Morgan fingerprint density at radius 1 is 1.30 bits per heavy atom. The zero-order chi connectivity index (χ0) is 17.3. The maximum absolute atomic E-state index is 12.4. The van der Waals surface area contributed by atoms with Gasteiger partial charge in [0.2, 0.25) is 16.9 Å². The van der Waals surface area contributed by atoms with E-state index in [-0.39, 0.29) is 23.6 Å². The number of amides is 1. The van der Waals surface area contributed by atoms with Gasteiger partial charge in [0.25, 0.3) is 0 Å². The fourth-order valence-corrected chi connectivity index (χ4v) is 2.97. The molecular formula is C15H19F3N2O2S. The number of carbonyl (C=O) groups excluding carboxylic acids is 1. The molecule has 0 saturated carbocycles. The fraction of sp³-hybridized carbons (Fsp3) is 0.533. The van der Waals surface area contributed by atoms with Crippen LogP contribution in [0.2, 0.25) is 0 Å². The van der Waals surface area contributed by atoms with Crippen molar-refractivity contribution >= 4 is 22.6 Å². The topological polar surface area (TPSA) is 49.4 Å². The molecule has 0 aliphatic carbocycles. The number of alkyl halides is 3. The lowest BCUT2D eigenvalue weighted by Gasteiger charge is -2.36. The third-order valence-electron chi connectivity index (χ3n) is 3.83. The number of hydrogen-bond donors (Lipinski definition) is 1. The molecule has 1 unspecified atom stereocenters. The molecule has 1 heterocycles. The van der Waals surface area contributed by atoms with E-state index in [0.717, 1.165) is 6.42 Å². The van der Waals surface area contributed by atoms with E-state index in [9.17, 15) is 22.2 Å². The van der Waals surface area contributed by atoms with Gasteiger partial charge in [-0.1, -0.05) is 32.0 Å². The Labute approximate surface area is 135 Å². The zero-order valence-electron chi connectivity index (χ0n) is 12.9. The van der Waals surface area contributed by atoms with Crippen molar-refractivity contribution < 1.29 is 22.2 Å². The van der Waals surface area contributed by atoms with Crippen LogP contribution in [0.25, 0.3) is 0 Å². The summed E-state index contributed by atoms with van der Waals surface area (Å²) in [4.78, 5) is 13.8. The lowest BCUT2D eigenvalue weighted by atomic mass is 9.82. The van der Waals surface area contributed by atoms with Crippen molar-refractivity contribution in [2.24, 2.45) is 5.41 Å². The molecule has 4 nitrogen and oxygen atoms in total. The first-order chi connectivity index (χ1) is 10.6. The minimum atomic E-state index is -4.84. The molecule has 1 aliphatic heterocycles. The predicted molar refractivity (Wildman–Crippen MR) is 82.7 cm³/mol. The van der Waals surface area contributed by atoms with Crippen molar-refractivity contribution in [2.75, 3.05) is 11.3 Å². The predicted octanol–water partition coefficient (Wildman–Crippen LogP) is 3.43. The number of benzene rings is 1. The first kappa shape index (κ1) is 17.8. The largest absolute Gasteiger partial charge is 0.490 e. The number of likely N-dealkylation sites (tertiary alicyclic amines) is 1. The van der Waals surface area contributed by atoms with E-state index < -0.39 is 16.5 Å².